The van der Waals surface area contributed by atoms with Crippen molar-refractivity contribution < 1.29 is 9.31 Å². The maximum absolute atomic E-state index is 6.10. The van der Waals surface area contributed by atoms with Gasteiger partial charge in [0.2, 0.25) is 0 Å². The monoisotopic (exact) mass is 285 g/mol. The first-order valence-electron chi connectivity index (χ1n) is 7.35. The minimum Gasteiger partial charge on any atom is -0.399 e. The molecule has 0 aliphatic carbocycles. The zero-order chi connectivity index (χ0) is 15.7. The van der Waals surface area contributed by atoms with Crippen LogP contribution in [0.15, 0.2) is 35.3 Å². The molecule has 0 saturated carbocycles. The Kier molecular flexibility index (Phi) is 4.40. The summed E-state index contributed by atoms with van der Waals surface area (Å²) in [5.41, 5.74) is 2.62. The van der Waals surface area contributed by atoms with Gasteiger partial charge in [-0.3, -0.25) is 4.99 Å². The van der Waals surface area contributed by atoms with E-state index in [1.165, 1.54) is 0 Å². The molecule has 4 heteroatoms. The summed E-state index contributed by atoms with van der Waals surface area (Å²) in [7, 11) is 1.45. The van der Waals surface area contributed by atoms with E-state index in [1.54, 1.807) is 7.05 Å². The zero-order valence-corrected chi connectivity index (χ0v) is 13.8. The summed E-state index contributed by atoms with van der Waals surface area (Å²) in [5, 5.41) is 0. The Balaban J connectivity index is 2.31. The van der Waals surface area contributed by atoms with Crippen molar-refractivity contribution in [3.8, 4) is 0 Å². The molecule has 1 aliphatic heterocycles. The zero-order valence-electron chi connectivity index (χ0n) is 13.8. The van der Waals surface area contributed by atoms with Crippen LogP contribution in [0, 0.1) is 0 Å². The van der Waals surface area contributed by atoms with E-state index >= 15 is 0 Å². The van der Waals surface area contributed by atoms with Crippen molar-refractivity contribution in [1.29, 1.82) is 0 Å². The number of rotatable bonds is 3. The summed E-state index contributed by atoms with van der Waals surface area (Å²) in [6.07, 6.45) is 3.92. The number of benzene rings is 1. The summed E-state index contributed by atoms with van der Waals surface area (Å²) in [6, 6.07) is 8.26. The smallest absolute Gasteiger partial charge is 0.399 e. The van der Waals surface area contributed by atoms with Crippen LogP contribution in [0.5, 0.6) is 0 Å². The molecule has 3 nitrogen and oxygen atoms in total. The van der Waals surface area contributed by atoms with Gasteiger partial charge in [-0.1, -0.05) is 30.3 Å². The first-order chi connectivity index (χ1) is 9.80. The van der Waals surface area contributed by atoms with Gasteiger partial charge in [0.1, 0.15) is 0 Å². The fourth-order valence-electron chi connectivity index (χ4n) is 2.30. The molecule has 0 spiro atoms. The summed E-state index contributed by atoms with van der Waals surface area (Å²) in [4.78, 5) is 4.10. The Hall–Kier alpha value is -1.39. The van der Waals surface area contributed by atoms with Crippen LogP contribution in [0.4, 0.5) is 0 Å². The summed E-state index contributed by atoms with van der Waals surface area (Å²) < 4.78 is 12.2. The topological polar surface area (TPSA) is 30.8 Å². The van der Waals surface area contributed by atoms with Crippen molar-refractivity contribution >= 4 is 24.4 Å². The number of allylic oxidation sites excluding steroid dienone is 2. The molecule has 0 amide bonds. The van der Waals surface area contributed by atoms with E-state index in [0.717, 1.165) is 16.6 Å². The van der Waals surface area contributed by atoms with Gasteiger partial charge in [-0.25, -0.2) is 0 Å². The second kappa shape index (κ2) is 5.78. The molecule has 1 heterocycles. The van der Waals surface area contributed by atoms with Crippen molar-refractivity contribution in [2.24, 2.45) is 4.99 Å². The van der Waals surface area contributed by atoms with E-state index in [0.29, 0.717) is 0 Å². The molecule has 0 N–H and O–H groups in total. The van der Waals surface area contributed by atoms with Gasteiger partial charge < -0.3 is 9.31 Å². The molecular formula is C17H24BNO2. The highest BCUT2D eigenvalue weighted by atomic mass is 16.7. The minimum atomic E-state index is -0.327. The van der Waals surface area contributed by atoms with Crippen LogP contribution in [0.25, 0.3) is 5.57 Å². The van der Waals surface area contributed by atoms with Crippen molar-refractivity contribution in [1.82, 2.24) is 0 Å². The van der Waals surface area contributed by atoms with E-state index in [2.05, 4.69) is 50.9 Å². The molecule has 1 saturated heterocycles. The number of aliphatic imine (C=N–C) groups is 1. The fourth-order valence-corrected chi connectivity index (χ4v) is 2.30. The quantitative estimate of drug-likeness (QED) is 0.631. The van der Waals surface area contributed by atoms with Gasteiger partial charge in [0, 0.05) is 13.3 Å². The van der Waals surface area contributed by atoms with E-state index in [4.69, 9.17) is 9.31 Å². The highest BCUT2D eigenvalue weighted by Crippen LogP contribution is 2.36. The van der Waals surface area contributed by atoms with Gasteiger partial charge >= 0.3 is 7.12 Å². The Morgan fingerprint density at radius 3 is 2.29 bits per heavy atom. The predicted molar refractivity (Wildman–Crippen MR) is 90.2 cm³/mol. The third-order valence-electron chi connectivity index (χ3n) is 4.32. The molecular weight excluding hydrogens is 261 g/mol. The minimum absolute atomic E-state index is 0.317. The molecule has 1 aromatic carbocycles. The normalized spacial score (nSPS) is 21.2. The average molecular weight is 285 g/mol. The third-order valence-corrected chi connectivity index (χ3v) is 4.32. The Labute approximate surface area is 128 Å². The molecule has 0 bridgehead atoms. The molecule has 0 unspecified atom stereocenters. The van der Waals surface area contributed by atoms with Gasteiger partial charge in [-0.05, 0) is 51.2 Å². The van der Waals surface area contributed by atoms with Crippen LogP contribution in [0.1, 0.15) is 40.2 Å². The van der Waals surface area contributed by atoms with Gasteiger partial charge in [0.25, 0.3) is 0 Å². The van der Waals surface area contributed by atoms with E-state index < -0.39 is 0 Å². The largest absolute Gasteiger partial charge is 0.494 e. The lowest BCUT2D eigenvalue weighted by atomic mass is 9.78. The molecule has 2 rings (SSSR count). The van der Waals surface area contributed by atoms with Crippen LogP contribution >= 0.6 is 0 Å². The first kappa shape index (κ1) is 16.0. The van der Waals surface area contributed by atoms with Crippen LogP contribution < -0.4 is 5.46 Å². The lowest BCUT2D eigenvalue weighted by Crippen LogP contribution is -2.41. The molecule has 1 aromatic rings. The molecule has 0 radical (unpaired) electrons. The highest BCUT2D eigenvalue weighted by molar-refractivity contribution is 6.62. The van der Waals surface area contributed by atoms with Crippen molar-refractivity contribution in [2.45, 2.75) is 45.8 Å². The van der Waals surface area contributed by atoms with Gasteiger partial charge in [-0.15, -0.1) is 0 Å². The van der Waals surface area contributed by atoms with Gasteiger partial charge in [0.15, 0.2) is 0 Å². The number of hydrogen-bond acceptors (Lipinski definition) is 3. The number of hydrogen-bond donors (Lipinski definition) is 0. The van der Waals surface area contributed by atoms with Gasteiger partial charge in [-0.2, -0.15) is 0 Å². The number of nitrogens with zero attached hydrogens (tertiary/aromatic N) is 1. The maximum Gasteiger partial charge on any atom is 0.494 e. The molecule has 112 valence electrons. The molecule has 0 atom stereocenters. The van der Waals surface area contributed by atoms with Crippen LogP contribution in [-0.2, 0) is 9.31 Å². The average Bonchev–Trinajstić information content (AvgIpc) is 2.65. The molecule has 0 aromatic heterocycles. The highest BCUT2D eigenvalue weighted by Gasteiger charge is 2.51. The van der Waals surface area contributed by atoms with Crippen molar-refractivity contribution in [3.63, 3.8) is 0 Å². The van der Waals surface area contributed by atoms with E-state index in [-0.39, 0.29) is 18.3 Å². The second-order valence-corrected chi connectivity index (χ2v) is 6.35. The predicted octanol–water partition coefficient (Wildman–Crippen LogP) is 3.09. The third kappa shape index (κ3) is 3.12. The second-order valence-electron chi connectivity index (χ2n) is 6.35. The first-order valence-corrected chi connectivity index (χ1v) is 7.35. The van der Waals surface area contributed by atoms with Crippen LogP contribution in [-0.4, -0.2) is 31.6 Å². The lowest BCUT2D eigenvalue weighted by molar-refractivity contribution is 0.00578. The summed E-state index contributed by atoms with van der Waals surface area (Å²) >= 11 is 0. The SMILES string of the molecule is C/C=C(\C=NC)c1cccc(B2OC(C)(C)C(C)(C)O2)c1. The molecule has 1 aliphatic rings. The van der Waals surface area contributed by atoms with Crippen LogP contribution in [0.2, 0.25) is 0 Å². The van der Waals surface area contributed by atoms with E-state index in [1.807, 2.05) is 25.3 Å². The fraction of sp³-hybridized carbons (Fsp3) is 0.471. The molecule has 1 fully saturated rings. The maximum atomic E-state index is 6.10. The standard InChI is InChI=1S/C17H24BNO2/c1-7-13(12-19-6)14-9-8-10-15(11-14)18-20-16(2,3)17(4,5)21-18/h7-12H,1-6H3/b13-7+,19-12?. The Bertz CT molecular complexity index is 560. The summed E-state index contributed by atoms with van der Waals surface area (Å²) in [6.45, 7) is 10.3. The summed E-state index contributed by atoms with van der Waals surface area (Å²) in [5.74, 6) is 0. The van der Waals surface area contributed by atoms with Crippen molar-refractivity contribution in [3.05, 3.63) is 35.9 Å². The van der Waals surface area contributed by atoms with Gasteiger partial charge in [0.05, 0.1) is 11.2 Å². The lowest BCUT2D eigenvalue weighted by Gasteiger charge is -2.32. The van der Waals surface area contributed by atoms with E-state index in [9.17, 15) is 0 Å². The Morgan fingerprint density at radius 2 is 1.76 bits per heavy atom. The van der Waals surface area contributed by atoms with Crippen molar-refractivity contribution in [2.75, 3.05) is 7.05 Å². The van der Waals surface area contributed by atoms with Crippen LogP contribution in [0.3, 0.4) is 0 Å². The Morgan fingerprint density at radius 1 is 1.14 bits per heavy atom. The molecule has 21 heavy (non-hydrogen) atoms.